The normalized spacial score (nSPS) is 20.3. The average Bonchev–Trinajstić information content (AvgIpc) is 3.54. The van der Waals surface area contributed by atoms with Crippen molar-refractivity contribution in [3.63, 3.8) is 0 Å². The van der Waals surface area contributed by atoms with Crippen LogP contribution in [-0.2, 0) is 0 Å². The summed E-state index contributed by atoms with van der Waals surface area (Å²) in [5.74, 6) is 2.15. The first kappa shape index (κ1) is 19.0. The Hall–Kier alpha value is -3.68. The summed E-state index contributed by atoms with van der Waals surface area (Å²) in [5.41, 5.74) is 4.23. The smallest absolute Gasteiger partial charge is 0.256 e. The second-order valence-corrected chi connectivity index (χ2v) is 8.83. The van der Waals surface area contributed by atoms with E-state index in [0.29, 0.717) is 23.3 Å². The molecule has 2 aliphatic rings. The quantitative estimate of drug-likeness (QED) is 0.499. The third-order valence-electron chi connectivity index (χ3n) is 6.59. The molecular formula is C24H24N6O2. The third kappa shape index (κ3) is 3.05. The molecule has 4 aromatic rings. The second-order valence-electron chi connectivity index (χ2n) is 8.83. The summed E-state index contributed by atoms with van der Waals surface area (Å²) < 4.78 is 7.50. The Morgan fingerprint density at radius 2 is 1.81 bits per heavy atom. The van der Waals surface area contributed by atoms with Crippen molar-refractivity contribution in [3.05, 3.63) is 66.1 Å². The van der Waals surface area contributed by atoms with Crippen LogP contribution in [0.2, 0.25) is 0 Å². The lowest BCUT2D eigenvalue weighted by Gasteiger charge is -2.22. The third-order valence-corrected chi connectivity index (χ3v) is 6.59. The van der Waals surface area contributed by atoms with Crippen molar-refractivity contribution in [3.8, 4) is 11.5 Å². The van der Waals surface area contributed by atoms with Crippen LogP contribution in [0.3, 0.4) is 0 Å². The zero-order valence-electron chi connectivity index (χ0n) is 18.1. The number of nitrogens with zero attached hydrogens (tertiary/aromatic N) is 6. The molecule has 32 heavy (non-hydrogen) atoms. The number of carbonyl (C=O) groups excluding carboxylic acids is 1. The Morgan fingerprint density at radius 1 is 1.06 bits per heavy atom. The molecule has 0 radical (unpaired) electrons. The lowest BCUT2D eigenvalue weighted by Crippen LogP contribution is -2.34. The highest BCUT2D eigenvalue weighted by atomic mass is 16.3. The fraction of sp³-hybridized carbons (Fsp3) is 0.333. The molecule has 162 valence electrons. The number of anilines is 1. The van der Waals surface area contributed by atoms with E-state index in [2.05, 4.69) is 19.9 Å². The SMILES string of the molecule is Cc1cc(C)nc(N2C[C@H]3CN(C(=O)c4c(-c5ncco5)cn5ccccc45)C[C@H]3C2)n1. The first-order valence-electron chi connectivity index (χ1n) is 10.9. The van der Waals surface area contributed by atoms with Gasteiger partial charge in [0.2, 0.25) is 11.8 Å². The van der Waals surface area contributed by atoms with Gasteiger partial charge < -0.3 is 18.6 Å². The summed E-state index contributed by atoms with van der Waals surface area (Å²) in [5, 5.41) is 0. The van der Waals surface area contributed by atoms with Gasteiger partial charge in [-0.1, -0.05) is 6.07 Å². The molecule has 0 bridgehead atoms. The Labute approximate surface area is 185 Å². The number of carbonyl (C=O) groups is 1. The minimum atomic E-state index is 0.0375. The lowest BCUT2D eigenvalue weighted by atomic mass is 10.0. The van der Waals surface area contributed by atoms with Gasteiger partial charge in [-0.3, -0.25) is 4.79 Å². The predicted octanol–water partition coefficient (Wildman–Crippen LogP) is 3.21. The van der Waals surface area contributed by atoms with Crippen molar-refractivity contribution in [1.82, 2.24) is 24.3 Å². The number of pyridine rings is 1. The lowest BCUT2D eigenvalue weighted by molar-refractivity contribution is 0.0785. The molecule has 6 heterocycles. The minimum Gasteiger partial charge on any atom is -0.444 e. The van der Waals surface area contributed by atoms with Gasteiger partial charge in [-0.25, -0.2) is 15.0 Å². The van der Waals surface area contributed by atoms with Crippen LogP contribution in [0, 0.1) is 25.7 Å². The molecule has 2 saturated heterocycles. The van der Waals surface area contributed by atoms with Gasteiger partial charge in [-0.15, -0.1) is 0 Å². The molecule has 0 saturated carbocycles. The van der Waals surface area contributed by atoms with E-state index in [1.807, 2.05) is 59.8 Å². The van der Waals surface area contributed by atoms with Crippen LogP contribution in [0.4, 0.5) is 5.95 Å². The zero-order chi connectivity index (χ0) is 21.8. The van der Waals surface area contributed by atoms with Crippen molar-refractivity contribution in [2.45, 2.75) is 13.8 Å². The highest BCUT2D eigenvalue weighted by Crippen LogP contribution is 2.36. The van der Waals surface area contributed by atoms with Crippen LogP contribution >= 0.6 is 0 Å². The number of hydrogen-bond acceptors (Lipinski definition) is 6. The van der Waals surface area contributed by atoms with E-state index in [9.17, 15) is 4.79 Å². The zero-order valence-corrected chi connectivity index (χ0v) is 18.1. The maximum absolute atomic E-state index is 13.7. The van der Waals surface area contributed by atoms with Gasteiger partial charge in [0.1, 0.15) is 6.26 Å². The number of likely N-dealkylation sites (tertiary alicyclic amines) is 1. The summed E-state index contributed by atoms with van der Waals surface area (Å²) in [4.78, 5) is 31.5. The topological polar surface area (TPSA) is 79.8 Å². The average molecular weight is 428 g/mol. The van der Waals surface area contributed by atoms with E-state index < -0.39 is 0 Å². The van der Waals surface area contributed by atoms with E-state index in [4.69, 9.17) is 4.42 Å². The molecule has 0 spiro atoms. The van der Waals surface area contributed by atoms with Gasteiger partial charge in [0.25, 0.3) is 5.91 Å². The van der Waals surface area contributed by atoms with Crippen molar-refractivity contribution >= 4 is 17.4 Å². The van der Waals surface area contributed by atoms with Gasteiger partial charge in [-0.2, -0.15) is 0 Å². The molecule has 4 aromatic heterocycles. The van der Waals surface area contributed by atoms with Crippen LogP contribution in [0.25, 0.3) is 17.0 Å². The molecule has 2 atom stereocenters. The van der Waals surface area contributed by atoms with Crippen LogP contribution in [0.5, 0.6) is 0 Å². The van der Waals surface area contributed by atoms with Gasteiger partial charge in [-0.05, 0) is 32.0 Å². The Kier molecular flexibility index (Phi) is 4.28. The Balaban J connectivity index is 1.26. The summed E-state index contributed by atoms with van der Waals surface area (Å²) in [6.45, 7) is 7.23. The Morgan fingerprint density at radius 3 is 2.50 bits per heavy atom. The fourth-order valence-corrected chi connectivity index (χ4v) is 5.19. The van der Waals surface area contributed by atoms with Crippen LogP contribution in [-0.4, -0.2) is 56.3 Å². The number of hydrogen-bond donors (Lipinski definition) is 0. The second kappa shape index (κ2) is 7.19. The predicted molar refractivity (Wildman–Crippen MR) is 119 cm³/mol. The van der Waals surface area contributed by atoms with Gasteiger partial charge in [0.15, 0.2) is 0 Å². The molecule has 0 unspecified atom stereocenters. The minimum absolute atomic E-state index is 0.0375. The molecule has 8 nitrogen and oxygen atoms in total. The number of rotatable bonds is 3. The molecule has 0 aliphatic carbocycles. The van der Waals surface area contributed by atoms with Crippen molar-refractivity contribution in [1.29, 1.82) is 0 Å². The summed E-state index contributed by atoms with van der Waals surface area (Å²) in [7, 11) is 0. The maximum atomic E-state index is 13.7. The monoisotopic (exact) mass is 428 g/mol. The number of amides is 1. The fourth-order valence-electron chi connectivity index (χ4n) is 5.19. The van der Waals surface area contributed by atoms with Gasteiger partial charge in [0.05, 0.1) is 22.8 Å². The number of aromatic nitrogens is 4. The van der Waals surface area contributed by atoms with Crippen LogP contribution in [0.15, 0.2) is 53.5 Å². The van der Waals surface area contributed by atoms with E-state index in [-0.39, 0.29) is 5.91 Å². The molecule has 8 heteroatoms. The van der Waals surface area contributed by atoms with Crippen molar-refractivity contribution in [2.24, 2.45) is 11.8 Å². The molecule has 0 aromatic carbocycles. The first-order valence-corrected chi connectivity index (χ1v) is 10.9. The highest BCUT2D eigenvalue weighted by molar-refractivity contribution is 6.07. The van der Waals surface area contributed by atoms with Crippen molar-refractivity contribution in [2.75, 3.05) is 31.1 Å². The van der Waals surface area contributed by atoms with E-state index in [1.165, 1.54) is 6.26 Å². The molecule has 1 amide bonds. The van der Waals surface area contributed by atoms with Gasteiger partial charge >= 0.3 is 0 Å². The summed E-state index contributed by atoms with van der Waals surface area (Å²) in [6, 6.07) is 7.86. The van der Waals surface area contributed by atoms with Gasteiger partial charge in [0, 0.05) is 61.8 Å². The van der Waals surface area contributed by atoms with Crippen LogP contribution in [0.1, 0.15) is 21.7 Å². The Bertz CT molecular complexity index is 1280. The van der Waals surface area contributed by atoms with E-state index in [0.717, 1.165) is 54.6 Å². The maximum Gasteiger partial charge on any atom is 0.256 e. The number of oxazole rings is 1. The summed E-state index contributed by atoms with van der Waals surface area (Å²) >= 11 is 0. The standard InChI is InChI=1S/C24H24N6O2/c1-15-9-16(2)27-24(26-15)30-12-17-10-29(11-18(17)13-30)23(31)21-19(22-25-6-8-32-22)14-28-7-4-3-5-20(21)28/h3-9,14,17-18H,10-13H2,1-2H3/t17-,18+. The highest BCUT2D eigenvalue weighted by Gasteiger charge is 2.43. The first-order chi connectivity index (χ1) is 15.6. The summed E-state index contributed by atoms with van der Waals surface area (Å²) in [6.07, 6.45) is 7.01. The number of fused-ring (bicyclic) bond motifs is 2. The molecule has 2 fully saturated rings. The van der Waals surface area contributed by atoms with E-state index in [1.54, 1.807) is 6.20 Å². The largest absolute Gasteiger partial charge is 0.444 e. The molecule has 0 N–H and O–H groups in total. The van der Waals surface area contributed by atoms with E-state index >= 15 is 0 Å². The van der Waals surface area contributed by atoms with Crippen LogP contribution < -0.4 is 4.90 Å². The molecule has 2 aliphatic heterocycles. The molecular weight excluding hydrogens is 404 g/mol. The van der Waals surface area contributed by atoms with Crippen molar-refractivity contribution < 1.29 is 9.21 Å². The molecule has 6 rings (SSSR count). The number of aryl methyl sites for hydroxylation is 2.